The van der Waals surface area contributed by atoms with Crippen molar-refractivity contribution in [2.75, 3.05) is 46.3 Å². The number of likely N-dealkylation sites (N-methyl/N-ethyl adjacent to an activating group) is 1. The van der Waals surface area contributed by atoms with Gasteiger partial charge in [0.05, 0.1) is 11.0 Å². The standard InChI is InChI=1S/C19H27N5/c1-23-8-10-24(11-9-23)16-2-5-19-13-18(19,12-16)17(21-14-22-19)15-3-6-20-7-4-15/h2,5,12,14-15,20H,3-4,6-11,13H2,1H3. The maximum absolute atomic E-state index is 4.83. The van der Waals surface area contributed by atoms with Crippen LogP contribution >= 0.6 is 0 Å². The molecule has 0 radical (unpaired) electrons. The number of allylic oxidation sites excluding steroid dienone is 1. The lowest BCUT2D eigenvalue weighted by Gasteiger charge is -2.38. The monoisotopic (exact) mass is 325 g/mol. The number of piperazine rings is 1. The highest BCUT2D eigenvalue weighted by Gasteiger charge is 2.70. The summed E-state index contributed by atoms with van der Waals surface area (Å²) in [5, 5.41) is 3.48. The highest BCUT2D eigenvalue weighted by molar-refractivity contribution is 6.05. The molecule has 1 N–H and O–H groups in total. The van der Waals surface area contributed by atoms with E-state index < -0.39 is 0 Å². The van der Waals surface area contributed by atoms with Gasteiger partial charge in [-0.25, -0.2) is 4.99 Å². The minimum atomic E-state index is -0.00889. The van der Waals surface area contributed by atoms with Crippen LogP contribution in [0.25, 0.3) is 0 Å². The summed E-state index contributed by atoms with van der Waals surface area (Å²) in [5.41, 5.74) is 2.88. The molecule has 0 aromatic carbocycles. The van der Waals surface area contributed by atoms with Crippen molar-refractivity contribution in [2.45, 2.75) is 24.8 Å². The largest absolute Gasteiger partial charge is 0.369 e. The van der Waals surface area contributed by atoms with Gasteiger partial charge in [-0.15, -0.1) is 0 Å². The van der Waals surface area contributed by atoms with Gasteiger partial charge in [-0.3, -0.25) is 4.99 Å². The van der Waals surface area contributed by atoms with Crippen molar-refractivity contribution < 1.29 is 0 Å². The van der Waals surface area contributed by atoms with Gasteiger partial charge >= 0.3 is 0 Å². The summed E-state index contributed by atoms with van der Waals surface area (Å²) in [6, 6.07) is 0. The van der Waals surface area contributed by atoms with E-state index in [0.717, 1.165) is 45.7 Å². The first-order chi connectivity index (χ1) is 11.7. The second-order valence-electron chi connectivity index (χ2n) is 8.05. The lowest BCUT2D eigenvalue weighted by atomic mass is 9.78. The second-order valence-corrected chi connectivity index (χ2v) is 8.05. The molecule has 5 aliphatic rings. The molecule has 2 atom stereocenters. The van der Waals surface area contributed by atoms with Crippen LogP contribution in [0.5, 0.6) is 0 Å². The Bertz CT molecular complexity index is 649. The molecule has 5 rings (SSSR count). The van der Waals surface area contributed by atoms with Gasteiger partial charge in [-0.1, -0.05) is 6.08 Å². The molecule has 5 nitrogen and oxygen atoms in total. The molecule has 3 heterocycles. The SMILES string of the molecule is CN1CCN(C2=CC34CC3(C=C2)N=CN=C4C2CCNCC2)CC1. The lowest BCUT2D eigenvalue weighted by Crippen LogP contribution is -2.45. The van der Waals surface area contributed by atoms with Crippen LogP contribution < -0.4 is 5.32 Å². The number of nitrogens with zero attached hydrogens (tertiary/aromatic N) is 4. The van der Waals surface area contributed by atoms with Gasteiger partial charge in [0.15, 0.2) is 0 Å². The van der Waals surface area contributed by atoms with Crippen molar-refractivity contribution in [3.05, 3.63) is 23.9 Å². The first-order valence-electron chi connectivity index (χ1n) is 9.41. The predicted octanol–water partition coefficient (Wildman–Crippen LogP) is 1.30. The lowest BCUT2D eigenvalue weighted by molar-refractivity contribution is 0.189. The summed E-state index contributed by atoms with van der Waals surface area (Å²) >= 11 is 0. The highest BCUT2D eigenvalue weighted by atomic mass is 15.3. The molecule has 3 aliphatic heterocycles. The van der Waals surface area contributed by atoms with Crippen molar-refractivity contribution in [1.82, 2.24) is 15.1 Å². The molecule has 2 aliphatic carbocycles. The Hall–Kier alpha value is -1.46. The Morgan fingerprint density at radius 1 is 1.17 bits per heavy atom. The fourth-order valence-corrected chi connectivity index (χ4v) is 5.01. The van der Waals surface area contributed by atoms with E-state index in [2.05, 4.69) is 40.4 Å². The summed E-state index contributed by atoms with van der Waals surface area (Å²) in [4.78, 5) is 14.6. The minimum Gasteiger partial charge on any atom is -0.369 e. The number of aliphatic imine (C=N–C) groups is 2. The highest BCUT2D eigenvalue weighted by Crippen LogP contribution is 2.66. The van der Waals surface area contributed by atoms with Crippen LogP contribution in [-0.4, -0.2) is 73.7 Å². The molecule has 1 saturated carbocycles. The summed E-state index contributed by atoms with van der Waals surface area (Å²) in [5.74, 6) is 0.622. The number of hydrogen-bond acceptors (Lipinski definition) is 5. The first-order valence-corrected chi connectivity index (χ1v) is 9.41. The molecule has 0 aromatic rings. The molecule has 128 valence electrons. The zero-order chi connectivity index (χ0) is 16.2. The van der Waals surface area contributed by atoms with Crippen LogP contribution in [0.15, 0.2) is 33.9 Å². The van der Waals surface area contributed by atoms with Crippen LogP contribution in [-0.2, 0) is 0 Å². The van der Waals surface area contributed by atoms with Crippen LogP contribution in [0.1, 0.15) is 19.3 Å². The van der Waals surface area contributed by atoms with E-state index in [9.17, 15) is 0 Å². The Morgan fingerprint density at radius 3 is 2.75 bits per heavy atom. The van der Waals surface area contributed by atoms with Crippen molar-refractivity contribution in [2.24, 2.45) is 21.3 Å². The molecule has 24 heavy (non-hydrogen) atoms. The number of nitrogens with one attached hydrogen (secondary N) is 1. The third-order valence-electron chi connectivity index (χ3n) is 6.66. The third kappa shape index (κ3) is 2.07. The fraction of sp³-hybridized carbons (Fsp3) is 0.684. The molecular weight excluding hydrogens is 298 g/mol. The zero-order valence-corrected chi connectivity index (χ0v) is 14.5. The summed E-state index contributed by atoms with van der Waals surface area (Å²) in [7, 11) is 2.21. The molecule has 2 unspecified atom stereocenters. The van der Waals surface area contributed by atoms with Gasteiger partial charge in [-0.2, -0.15) is 0 Å². The van der Waals surface area contributed by atoms with E-state index in [1.165, 1.54) is 24.3 Å². The van der Waals surface area contributed by atoms with E-state index in [0.29, 0.717) is 5.92 Å². The predicted molar refractivity (Wildman–Crippen MR) is 97.6 cm³/mol. The van der Waals surface area contributed by atoms with Gasteiger partial charge in [0.1, 0.15) is 6.34 Å². The van der Waals surface area contributed by atoms with Crippen LogP contribution in [0.3, 0.4) is 0 Å². The van der Waals surface area contributed by atoms with Crippen LogP contribution in [0, 0.1) is 11.3 Å². The molecule has 0 spiro atoms. The summed E-state index contributed by atoms with van der Waals surface area (Å²) in [6.45, 7) is 6.79. The van der Waals surface area contributed by atoms with Crippen molar-refractivity contribution >= 4 is 12.1 Å². The van der Waals surface area contributed by atoms with Crippen LogP contribution in [0.4, 0.5) is 0 Å². The van der Waals surface area contributed by atoms with Gasteiger partial charge < -0.3 is 15.1 Å². The van der Waals surface area contributed by atoms with E-state index in [4.69, 9.17) is 9.98 Å². The van der Waals surface area contributed by atoms with Gasteiger partial charge in [0.25, 0.3) is 0 Å². The van der Waals surface area contributed by atoms with E-state index >= 15 is 0 Å². The van der Waals surface area contributed by atoms with Crippen molar-refractivity contribution in [1.29, 1.82) is 0 Å². The minimum absolute atomic E-state index is 0.00889. The average molecular weight is 325 g/mol. The maximum atomic E-state index is 4.83. The fourth-order valence-electron chi connectivity index (χ4n) is 5.01. The van der Waals surface area contributed by atoms with Crippen molar-refractivity contribution in [3.63, 3.8) is 0 Å². The van der Waals surface area contributed by atoms with E-state index in [1.54, 1.807) is 0 Å². The first kappa shape index (κ1) is 14.8. The Kier molecular flexibility index (Phi) is 3.26. The van der Waals surface area contributed by atoms with Crippen LogP contribution in [0.2, 0.25) is 0 Å². The summed E-state index contributed by atoms with van der Waals surface area (Å²) in [6.07, 6.45) is 12.6. The maximum Gasteiger partial charge on any atom is 0.110 e. The average Bonchev–Trinajstić information content (AvgIpc) is 3.32. The molecule has 3 fully saturated rings. The smallest absolute Gasteiger partial charge is 0.110 e. The Morgan fingerprint density at radius 2 is 1.96 bits per heavy atom. The van der Waals surface area contributed by atoms with Gasteiger partial charge in [-0.05, 0) is 51.6 Å². The Labute approximate surface area is 144 Å². The van der Waals surface area contributed by atoms with Crippen molar-refractivity contribution in [3.8, 4) is 0 Å². The number of rotatable bonds is 2. The Balaban J connectivity index is 1.45. The molecule has 5 heteroatoms. The van der Waals surface area contributed by atoms with Gasteiger partial charge in [0, 0.05) is 43.5 Å². The molecule has 0 amide bonds. The third-order valence-corrected chi connectivity index (χ3v) is 6.66. The second kappa shape index (κ2) is 5.27. The molecular formula is C19H27N5. The topological polar surface area (TPSA) is 43.2 Å². The van der Waals surface area contributed by atoms with E-state index in [1.807, 2.05) is 6.34 Å². The number of piperidine rings is 1. The normalized spacial score (nSPS) is 39.1. The van der Waals surface area contributed by atoms with E-state index in [-0.39, 0.29) is 11.0 Å². The molecule has 0 bridgehead atoms. The van der Waals surface area contributed by atoms with Gasteiger partial charge in [0.2, 0.25) is 0 Å². The molecule has 2 saturated heterocycles. The number of hydrogen-bond donors (Lipinski definition) is 1. The summed E-state index contributed by atoms with van der Waals surface area (Å²) < 4.78 is 0. The quantitative estimate of drug-likeness (QED) is 0.832. The zero-order valence-electron chi connectivity index (χ0n) is 14.5. The molecule has 0 aromatic heterocycles.